The second-order valence-electron chi connectivity index (χ2n) is 0.754. The molecule has 30 valence electrons. The van der Waals surface area contributed by atoms with E-state index in [0.717, 1.165) is 0 Å². The van der Waals surface area contributed by atoms with E-state index >= 15 is 0 Å². The average Bonchev–Trinajstić information content (AvgIpc) is 1.72. The van der Waals surface area contributed by atoms with Crippen LogP contribution >= 0.6 is 0 Å². The van der Waals surface area contributed by atoms with Gasteiger partial charge in [-0.25, -0.2) is 0 Å². The maximum atomic E-state index is 4.19. The Morgan fingerprint density at radius 2 is 2.67 bits per heavy atom. The molecule has 0 bridgehead atoms. The second-order valence-corrected chi connectivity index (χ2v) is 0.754. The van der Waals surface area contributed by atoms with Crippen LogP contribution in [-0.4, -0.2) is 7.07 Å². The molecule has 1 rings (SSSR count). The first-order valence-electron chi connectivity index (χ1n) is 1.51. The zero-order valence-corrected chi connectivity index (χ0v) is 3.00. The van der Waals surface area contributed by atoms with Crippen LogP contribution in [0.4, 0.5) is 0 Å². The Bertz CT molecular complexity index is 77.5. The third-order valence-corrected chi connectivity index (χ3v) is 0.367. The number of rotatable bonds is 0. The molecule has 1 aliphatic rings. The van der Waals surface area contributed by atoms with Crippen molar-refractivity contribution in [2.24, 2.45) is 5.06 Å². The topological polar surface area (TPSA) is 30.8 Å². The summed E-state index contributed by atoms with van der Waals surface area (Å²) in [6.07, 6.45) is 1.40. The Kier molecular flexibility index (Phi) is 0.903. The van der Waals surface area contributed by atoms with E-state index in [0.29, 0.717) is 0 Å². The van der Waals surface area contributed by atoms with Crippen LogP contribution in [0.2, 0.25) is 0 Å². The molecule has 4 heteroatoms. The molecule has 1 aliphatic heterocycles. The molecule has 0 amide bonds. The maximum absolute atomic E-state index is 4.19. The van der Waals surface area contributed by atoms with Crippen molar-refractivity contribution in [3.8, 4) is 0 Å². The van der Waals surface area contributed by atoms with Gasteiger partial charge in [0.2, 0.25) is 0 Å². The predicted octanol–water partition coefficient (Wildman–Crippen LogP) is 0.222. The van der Waals surface area contributed by atoms with Crippen molar-refractivity contribution >= 4 is 7.07 Å². The summed E-state index contributed by atoms with van der Waals surface area (Å²) in [4.78, 5) is 8.24. The van der Waals surface area contributed by atoms with E-state index in [1.165, 1.54) is 13.3 Å². The molecule has 6 heavy (non-hydrogen) atoms. The van der Waals surface area contributed by atoms with Crippen LogP contribution in [0.25, 0.3) is 0 Å². The number of hydrogen-bond acceptors (Lipinski definition) is 3. The fourth-order valence-corrected chi connectivity index (χ4v) is 0.177. The van der Waals surface area contributed by atoms with Crippen molar-refractivity contribution in [3.63, 3.8) is 0 Å². The standard InChI is InChI=1S/C2H2BNO2/c1-2-5-6-4-3-1/h1-2H. The van der Waals surface area contributed by atoms with E-state index in [1.807, 2.05) is 0 Å². The number of hydrogen-bond donors (Lipinski definition) is 0. The minimum absolute atomic E-state index is 1.40. The van der Waals surface area contributed by atoms with Gasteiger partial charge in [-0.3, -0.25) is 0 Å². The summed E-state index contributed by atoms with van der Waals surface area (Å²) in [6.45, 7) is 0. The summed E-state index contributed by atoms with van der Waals surface area (Å²) in [7, 11) is 1.49. The molecule has 0 aromatic rings. The number of nitrogens with zero attached hydrogens (tertiary/aromatic N) is 1. The van der Waals surface area contributed by atoms with Crippen LogP contribution < -0.4 is 0 Å². The van der Waals surface area contributed by atoms with Gasteiger partial charge < -0.3 is 0 Å². The van der Waals surface area contributed by atoms with Crippen molar-refractivity contribution in [1.82, 2.24) is 0 Å². The fraction of sp³-hybridized carbons (Fsp3) is 0. The van der Waals surface area contributed by atoms with Gasteiger partial charge in [-0.1, -0.05) is 0 Å². The zero-order chi connectivity index (χ0) is 4.24. The molecule has 0 saturated heterocycles. The zero-order valence-electron chi connectivity index (χ0n) is 3.00. The Hall–Kier alpha value is -0.795. The SMILES string of the molecule is B1=NOOC=C1. The first kappa shape index (κ1) is 3.40. The van der Waals surface area contributed by atoms with Crippen LogP contribution in [0.3, 0.4) is 0 Å². The third kappa shape index (κ3) is 0.575. The van der Waals surface area contributed by atoms with E-state index in [-0.39, 0.29) is 0 Å². The van der Waals surface area contributed by atoms with Crippen LogP contribution in [-0.2, 0) is 9.88 Å². The second kappa shape index (κ2) is 1.59. The van der Waals surface area contributed by atoms with Gasteiger partial charge in [0, 0.05) is 0 Å². The molecule has 0 spiro atoms. The Morgan fingerprint density at radius 3 is 2.83 bits per heavy atom. The molecule has 0 atom stereocenters. The molecule has 1 heterocycles. The summed E-state index contributed by atoms with van der Waals surface area (Å²) in [6, 6.07) is 0. The summed E-state index contributed by atoms with van der Waals surface area (Å²) in [5, 5.41) is 3.24. The molecule has 0 radical (unpaired) electrons. The summed E-state index contributed by atoms with van der Waals surface area (Å²) >= 11 is 0. The van der Waals surface area contributed by atoms with Gasteiger partial charge in [0.25, 0.3) is 0 Å². The fourth-order valence-electron chi connectivity index (χ4n) is 0.177. The first-order chi connectivity index (χ1) is 3.00. The predicted molar refractivity (Wildman–Crippen MR) is 19.5 cm³/mol. The summed E-state index contributed by atoms with van der Waals surface area (Å²) in [5.74, 6) is 1.63. The van der Waals surface area contributed by atoms with Crippen molar-refractivity contribution in [2.45, 2.75) is 0 Å². The first-order valence-corrected chi connectivity index (χ1v) is 1.51. The molecule has 0 aromatic heterocycles. The van der Waals surface area contributed by atoms with Crippen LogP contribution in [0, 0.1) is 0 Å². The summed E-state index contributed by atoms with van der Waals surface area (Å²) < 4.78 is 0. The van der Waals surface area contributed by atoms with Gasteiger partial charge in [0.05, 0.1) is 0 Å². The van der Waals surface area contributed by atoms with Crippen molar-refractivity contribution < 1.29 is 9.88 Å². The molecule has 0 N–H and O–H groups in total. The monoisotopic (exact) mass is 83.0 g/mol. The molecule has 0 unspecified atom stereocenters. The van der Waals surface area contributed by atoms with Gasteiger partial charge in [0.1, 0.15) is 0 Å². The van der Waals surface area contributed by atoms with Crippen molar-refractivity contribution in [3.05, 3.63) is 12.2 Å². The molecule has 3 nitrogen and oxygen atoms in total. The minimum atomic E-state index is 1.40. The van der Waals surface area contributed by atoms with E-state index < -0.39 is 0 Å². The van der Waals surface area contributed by atoms with Crippen molar-refractivity contribution in [1.29, 1.82) is 0 Å². The van der Waals surface area contributed by atoms with E-state index in [4.69, 9.17) is 0 Å². The van der Waals surface area contributed by atoms with Gasteiger partial charge in [-0.15, -0.1) is 0 Å². The van der Waals surface area contributed by atoms with E-state index in [1.54, 1.807) is 5.98 Å². The molecule has 0 fully saturated rings. The average molecular weight is 82.9 g/mol. The van der Waals surface area contributed by atoms with E-state index in [9.17, 15) is 0 Å². The molecular weight excluding hydrogens is 80.8 g/mol. The third-order valence-electron chi connectivity index (χ3n) is 0.367. The summed E-state index contributed by atoms with van der Waals surface area (Å²) in [5.41, 5.74) is 0. The normalized spacial score (nSPS) is 14.7. The van der Waals surface area contributed by atoms with Gasteiger partial charge in [-0.2, -0.15) is 0 Å². The van der Waals surface area contributed by atoms with Gasteiger partial charge in [-0.05, 0) is 0 Å². The molecule has 0 aromatic carbocycles. The van der Waals surface area contributed by atoms with Crippen LogP contribution in [0.1, 0.15) is 0 Å². The van der Waals surface area contributed by atoms with Gasteiger partial charge in [0.15, 0.2) is 0 Å². The Labute approximate surface area is 35.4 Å². The van der Waals surface area contributed by atoms with Gasteiger partial charge >= 0.3 is 34.2 Å². The van der Waals surface area contributed by atoms with Crippen LogP contribution in [0.5, 0.6) is 0 Å². The molecule has 0 aliphatic carbocycles. The quantitative estimate of drug-likeness (QED) is 0.309. The van der Waals surface area contributed by atoms with E-state index in [2.05, 4.69) is 14.9 Å². The molecule has 0 saturated carbocycles. The van der Waals surface area contributed by atoms with Crippen LogP contribution in [0.15, 0.2) is 17.3 Å². The Morgan fingerprint density at radius 1 is 1.67 bits per heavy atom. The molecular formula is C2H2BNO2. The Balaban J connectivity index is 2.46. The van der Waals surface area contributed by atoms with Crippen molar-refractivity contribution in [2.75, 3.05) is 0 Å².